The number of benzene rings is 1. The normalized spacial score (nSPS) is 17.8. The van der Waals surface area contributed by atoms with E-state index in [2.05, 4.69) is 30.3 Å². The number of hydrogen-bond donors (Lipinski definition) is 3. The fourth-order valence-corrected chi connectivity index (χ4v) is 7.24. The molecule has 2 aliphatic heterocycles. The van der Waals surface area contributed by atoms with Crippen LogP contribution in [-0.2, 0) is 49.9 Å². The van der Waals surface area contributed by atoms with Crippen molar-refractivity contribution in [1.29, 1.82) is 0 Å². The zero-order chi connectivity index (χ0) is 41.2. The van der Waals surface area contributed by atoms with E-state index in [0.29, 0.717) is 16.7 Å². The van der Waals surface area contributed by atoms with Gasteiger partial charge in [-0.25, -0.2) is 14.3 Å². The Balaban J connectivity index is 1.37. The molecule has 2 aromatic heterocycles. The molecule has 56 heavy (non-hydrogen) atoms. The third-order valence-electron chi connectivity index (χ3n) is 8.97. The predicted molar refractivity (Wildman–Crippen MR) is 206 cm³/mol. The van der Waals surface area contributed by atoms with E-state index in [1.807, 2.05) is 36.0 Å². The monoisotopic (exact) mass is 838 g/mol. The van der Waals surface area contributed by atoms with Crippen molar-refractivity contribution in [3.63, 3.8) is 0 Å². The summed E-state index contributed by atoms with van der Waals surface area (Å²) in [6, 6.07) is 7.46. The van der Waals surface area contributed by atoms with Crippen LogP contribution in [0.25, 0.3) is 10.8 Å². The number of carbonyl (C=O) groups is 4. The Labute approximate surface area is 333 Å². The Bertz CT molecular complexity index is 2150. The number of nitrogens with one attached hydrogen (secondary N) is 3. The van der Waals surface area contributed by atoms with Crippen LogP contribution in [0.5, 0.6) is 5.75 Å². The molecule has 0 radical (unpaired) electrons. The van der Waals surface area contributed by atoms with Crippen LogP contribution >= 0.6 is 22.9 Å². The number of ether oxygens (including phenoxy) is 2. The molecule has 3 N–H and O–H groups in total. The topological polar surface area (TPSA) is 217 Å². The van der Waals surface area contributed by atoms with Gasteiger partial charge in [-0.2, -0.15) is 13.5 Å². The van der Waals surface area contributed by atoms with Crippen molar-refractivity contribution in [3.05, 3.63) is 40.5 Å². The van der Waals surface area contributed by atoms with Gasteiger partial charge in [0.05, 0.1) is 43.7 Å². The number of β-lactam (4-membered cyclic amide) rings is 1. The average Bonchev–Trinajstić information content (AvgIpc) is 3.44. The number of oxime groups is 1. The molecule has 2 fully saturated rings. The number of hydroxylamine groups is 2. The van der Waals surface area contributed by atoms with Crippen molar-refractivity contribution in [1.82, 2.24) is 15.4 Å². The summed E-state index contributed by atoms with van der Waals surface area (Å²) in [5, 5.41) is 15.7. The van der Waals surface area contributed by atoms with Gasteiger partial charge < -0.3 is 19.6 Å². The number of thiazole rings is 1. The van der Waals surface area contributed by atoms with Crippen molar-refractivity contribution in [2.45, 2.75) is 65.2 Å². The molecular weight excluding hydrogens is 794 g/mol. The van der Waals surface area contributed by atoms with Gasteiger partial charge in [0.2, 0.25) is 6.10 Å². The molecule has 18 nitrogen and oxygen atoms in total. The largest absolute Gasteiger partial charge is 0.489 e. The molecule has 0 saturated carbocycles. The van der Waals surface area contributed by atoms with Crippen LogP contribution in [0.3, 0.4) is 0 Å². The summed E-state index contributed by atoms with van der Waals surface area (Å²) in [6.45, 7) is 11.7. The number of Topliss-reactive ketones (excluding diaryl/α,β-unsaturated/α-hetero) is 2. The summed E-state index contributed by atoms with van der Waals surface area (Å²) in [5.74, 6) is -1.23. The van der Waals surface area contributed by atoms with Crippen LogP contribution in [0.15, 0.2) is 35.6 Å². The van der Waals surface area contributed by atoms with Crippen molar-refractivity contribution < 1.29 is 54.9 Å². The molecule has 0 spiro atoms. The summed E-state index contributed by atoms with van der Waals surface area (Å²) in [5.41, 5.74) is -2.80. The lowest BCUT2D eigenvalue weighted by atomic mass is 9.74. The SMILES string of the molecule is COS(=O)(=O)ON1C(=O)[C@@H](CC(=O)/C(=N\O[C@@H](COc2ccc3c(NCC4CNC4)[n+](C)ccc3c2)C(C)=O)c2nc(NC(=O)OC(C)(C)C)sc2Cl)C1(C)C. The Kier molecular flexibility index (Phi) is 12.9. The number of aryl methyl sites for hydroxylation is 1. The highest BCUT2D eigenvalue weighted by Crippen LogP contribution is 2.41. The highest BCUT2D eigenvalue weighted by Gasteiger charge is 2.58. The molecule has 1 aromatic carbocycles. The Morgan fingerprint density at radius 3 is 2.54 bits per heavy atom. The maximum Gasteiger partial charge on any atom is 0.420 e. The van der Waals surface area contributed by atoms with E-state index < -0.39 is 69.3 Å². The first kappa shape index (κ1) is 42.7. The second-order valence-corrected chi connectivity index (χ2v) is 17.7. The number of nitrogens with zero attached hydrogens (tertiary/aromatic N) is 4. The number of hydrogen-bond acceptors (Lipinski definition) is 16. The third kappa shape index (κ3) is 10.1. The van der Waals surface area contributed by atoms with Crippen LogP contribution in [0.2, 0.25) is 4.34 Å². The standard InChI is InChI=1S/C35H44ClN7O11S2/c1-19(44)26(18-51-22-9-10-23-21(13-22)11-12-42(7)30(23)38-17-20-15-37-16-20)53-41-27(28-29(36)55-32(39-28)40-33(47)52-34(2,3)4)25(45)14-24-31(46)43(35(24,5)6)54-56(48,49)50-8/h9-13,20,24,26,37H,14-18H2,1-8H3,(H,39,40,47)/p+1/b41-27+/t24-,26+/m1/s1. The molecular formula is C35H45ClN7O11S2+. The van der Waals surface area contributed by atoms with Crippen LogP contribution in [0.1, 0.15) is 53.7 Å². The summed E-state index contributed by atoms with van der Waals surface area (Å²) in [6.07, 6.45) is -0.728. The van der Waals surface area contributed by atoms with E-state index in [1.165, 1.54) is 20.8 Å². The van der Waals surface area contributed by atoms with Crippen molar-refractivity contribution in [2.75, 3.05) is 44.0 Å². The maximum absolute atomic E-state index is 13.9. The number of halogens is 1. The molecule has 5 rings (SSSR count). The molecule has 2 amide bonds. The lowest BCUT2D eigenvalue weighted by molar-refractivity contribution is -0.656. The molecule has 2 saturated heterocycles. The van der Waals surface area contributed by atoms with E-state index in [4.69, 9.17) is 30.2 Å². The Morgan fingerprint density at radius 2 is 1.93 bits per heavy atom. The Morgan fingerprint density at radius 1 is 1.21 bits per heavy atom. The van der Waals surface area contributed by atoms with Crippen molar-refractivity contribution in [3.8, 4) is 5.75 Å². The molecule has 21 heteroatoms. The number of anilines is 2. The number of fused-ring (bicyclic) bond motifs is 1. The zero-order valence-electron chi connectivity index (χ0n) is 32.1. The van der Waals surface area contributed by atoms with E-state index in [-0.39, 0.29) is 21.8 Å². The molecule has 0 aliphatic carbocycles. The molecule has 3 aromatic rings. The third-order valence-corrected chi connectivity index (χ3v) is 10.9. The van der Waals surface area contributed by atoms with E-state index >= 15 is 0 Å². The van der Waals surface area contributed by atoms with E-state index in [0.717, 1.165) is 54.7 Å². The van der Waals surface area contributed by atoms with Gasteiger partial charge in [-0.3, -0.25) is 29.2 Å². The van der Waals surface area contributed by atoms with Gasteiger partial charge in [0.1, 0.15) is 28.0 Å². The summed E-state index contributed by atoms with van der Waals surface area (Å²) >= 11 is 7.31. The van der Waals surface area contributed by atoms with Gasteiger partial charge in [0, 0.05) is 25.4 Å². The Hall–Kier alpha value is -4.47. The minimum atomic E-state index is -4.53. The zero-order valence-corrected chi connectivity index (χ0v) is 34.5. The smallest absolute Gasteiger partial charge is 0.420 e. The van der Waals surface area contributed by atoms with Gasteiger partial charge >= 0.3 is 16.5 Å². The molecule has 0 unspecified atom stereocenters. The molecule has 304 valence electrons. The lowest BCUT2D eigenvalue weighted by Crippen LogP contribution is -2.68. The van der Waals surface area contributed by atoms with Gasteiger partial charge in [-0.1, -0.05) is 28.1 Å². The number of ketones is 2. The van der Waals surface area contributed by atoms with Gasteiger partial charge in [0.25, 0.3) is 11.7 Å². The molecule has 2 aliphatic rings. The molecule has 0 bridgehead atoms. The lowest BCUT2D eigenvalue weighted by Gasteiger charge is -2.50. The average molecular weight is 839 g/mol. The number of aromatic nitrogens is 2. The van der Waals surface area contributed by atoms with Crippen molar-refractivity contribution >= 4 is 84.3 Å². The maximum atomic E-state index is 13.9. The summed E-state index contributed by atoms with van der Waals surface area (Å²) in [4.78, 5) is 62.1. The minimum Gasteiger partial charge on any atom is -0.489 e. The molecule has 4 heterocycles. The van der Waals surface area contributed by atoms with Gasteiger partial charge in [-0.05, 0) is 71.2 Å². The van der Waals surface area contributed by atoms with E-state index in [9.17, 15) is 27.6 Å². The quantitative estimate of drug-likeness (QED) is 0.0768. The second-order valence-electron chi connectivity index (χ2n) is 14.8. The summed E-state index contributed by atoms with van der Waals surface area (Å²) in [7, 11) is -1.71. The fourth-order valence-electron chi connectivity index (χ4n) is 5.70. The minimum absolute atomic E-state index is 0.0427. The number of amides is 2. The number of carbonyl (C=O) groups excluding carboxylic acids is 4. The fraction of sp³-hybridized carbons (Fsp3) is 0.514. The van der Waals surface area contributed by atoms with Gasteiger partial charge in [0.15, 0.2) is 22.4 Å². The predicted octanol–water partition coefficient (Wildman–Crippen LogP) is 3.53. The molecule has 2 atom stereocenters. The summed E-state index contributed by atoms with van der Waals surface area (Å²) < 4.78 is 46.0. The van der Waals surface area contributed by atoms with Crippen LogP contribution in [0.4, 0.5) is 15.7 Å². The van der Waals surface area contributed by atoms with Gasteiger partial charge in [-0.15, -0.1) is 4.28 Å². The van der Waals surface area contributed by atoms with Crippen LogP contribution in [0, 0.1) is 11.8 Å². The highest BCUT2D eigenvalue weighted by atomic mass is 35.5. The number of rotatable bonds is 17. The van der Waals surface area contributed by atoms with Crippen LogP contribution in [-0.4, -0.2) is 98.3 Å². The van der Waals surface area contributed by atoms with Crippen LogP contribution < -0.4 is 25.3 Å². The van der Waals surface area contributed by atoms with E-state index in [1.54, 1.807) is 26.8 Å². The van der Waals surface area contributed by atoms with Crippen molar-refractivity contribution in [2.24, 2.45) is 24.0 Å². The first-order valence-corrected chi connectivity index (χ1v) is 20.0. The first-order chi connectivity index (χ1) is 26.2. The first-order valence-electron chi connectivity index (χ1n) is 17.5. The number of pyridine rings is 1. The second kappa shape index (κ2) is 16.9. The highest BCUT2D eigenvalue weighted by molar-refractivity contribution is 7.81.